The lowest BCUT2D eigenvalue weighted by Crippen LogP contribution is -2.40. The molecule has 2 heterocycles. The third-order valence-electron chi connectivity index (χ3n) is 4.02. The van der Waals surface area contributed by atoms with Crippen molar-refractivity contribution in [2.75, 3.05) is 0 Å². The van der Waals surface area contributed by atoms with Crippen molar-refractivity contribution in [3.63, 3.8) is 0 Å². The third kappa shape index (κ3) is 3.41. The fourth-order valence-electron chi connectivity index (χ4n) is 2.78. The number of alkyl halides is 3. The quantitative estimate of drug-likeness (QED) is 0.864. The van der Waals surface area contributed by atoms with Crippen LogP contribution in [0.2, 0.25) is 5.02 Å². The first-order valence-corrected chi connectivity index (χ1v) is 8.09. The lowest BCUT2D eigenvalue weighted by molar-refractivity contribution is -0.187. The van der Waals surface area contributed by atoms with E-state index in [2.05, 4.69) is 4.98 Å². The first-order valence-electron chi connectivity index (χ1n) is 7.71. The number of nitrogens with zero attached hydrogens (tertiary/aromatic N) is 2. The van der Waals surface area contributed by atoms with Gasteiger partial charge in [0.1, 0.15) is 11.6 Å². The monoisotopic (exact) mass is 386 g/mol. The average molecular weight is 387 g/mol. The van der Waals surface area contributed by atoms with Crippen LogP contribution in [0, 0.1) is 0 Å². The van der Waals surface area contributed by atoms with Crippen molar-refractivity contribution in [1.29, 1.82) is 0 Å². The maximum absolute atomic E-state index is 13.2. The van der Waals surface area contributed by atoms with Crippen LogP contribution in [0.5, 0.6) is 5.75 Å². The van der Waals surface area contributed by atoms with Crippen molar-refractivity contribution in [3.05, 3.63) is 52.1 Å². The number of imidazole rings is 1. The van der Waals surface area contributed by atoms with E-state index in [-0.39, 0.29) is 11.3 Å². The minimum absolute atomic E-state index is 0.0603. The summed E-state index contributed by atoms with van der Waals surface area (Å²) in [6.07, 6.45) is -2.36. The molecule has 0 amide bonds. The zero-order chi connectivity index (χ0) is 19.1. The van der Waals surface area contributed by atoms with E-state index in [1.54, 1.807) is 12.4 Å². The van der Waals surface area contributed by atoms with Crippen molar-refractivity contribution in [3.8, 4) is 5.75 Å². The number of carboxylic acids is 1. The molecule has 0 fully saturated rings. The predicted octanol–water partition coefficient (Wildman–Crippen LogP) is 3.94. The smallest absolute Gasteiger partial charge is 0.430 e. The minimum atomic E-state index is -4.85. The Bertz CT molecular complexity index is 890. The van der Waals surface area contributed by atoms with Gasteiger partial charge in [-0.15, -0.1) is 0 Å². The summed E-state index contributed by atoms with van der Waals surface area (Å²) >= 11 is 6.24. The molecule has 0 saturated carbocycles. The lowest BCUT2D eigenvalue weighted by atomic mass is 10.00. The molecule has 0 bridgehead atoms. The van der Waals surface area contributed by atoms with Gasteiger partial charge in [0, 0.05) is 29.4 Å². The summed E-state index contributed by atoms with van der Waals surface area (Å²) in [5.74, 6) is -0.944. The third-order valence-corrected chi connectivity index (χ3v) is 4.37. The van der Waals surface area contributed by atoms with Crippen LogP contribution in [0.15, 0.2) is 30.1 Å². The fraction of sp³-hybridized carbons (Fsp3) is 0.294. The maximum atomic E-state index is 13.2. The maximum Gasteiger partial charge on any atom is 0.430 e. The SMILES string of the molecule is CCc1nccn1Cc1cc2c(cc1Cl)C=C(C(=O)O)C(C(F)(F)F)O2. The second-order valence-electron chi connectivity index (χ2n) is 5.75. The van der Waals surface area contributed by atoms with Crippen LogP contribution < -0.4 is 4.74 Å². The molecule has 1 unspecified atom stereocenters. The van der Waals surface area contributed by atoms with E-state index in [0.29, 0.717) is 23.6 Å². The summed E-state index contributed by atoms with van der Waals surface area (Å²) in [5, 5.41) is 9.36. The van der Waals surface area contributed by atoms with E-state index >= 15 is 0 Å². The van der Waals surface area contributed by atoms with Crippen LogP contribution in [0.25, 0.3) is 6.08 Å². The first kappa shape index (κ1) is 18.3. The molecule has 1 aromatic carbocycles. The number of aromatic nitrogens is 2. The molecule has 0 radical (unpaired) electrons. The van der Waals surface area contributed by atoms with Crippen LogP contribution in [-0.4, -0.2) is 32.9 Å². The number of benzene rings is 1. The zero-order valence-corrected chi connectivity index (χ0v) is 14.3. The number of halogens is 4. The lowest BCUT2D eigenvalue weighted by Gasteiger charge is -2.27. The summed E-state index contributed by atoms with van der Waals surface area (Å²) in [5.41, 5.74) is -0.138. The molecule has 1 N–H and O–H groups in total. The van der Waals surface area contributed by atoms with Gasteiger partial charge in [-0.1, -0.05) is 18.5 Å². The largest absolute Gasteiger partial charge is 0.478 e. The van der Waals surface area contributed by atoms with Crippen molar-refractivity contribution in [1.82, 2.24) is 9.55 Å². The Hall–Kier alpha value is -2.48. The Kier molecular flexibility index (Phi) is 4.70. The van der Waals surface area contributed by atoms with E-state index < -0.39 is 23.8 Å². The van der Waals surface area contributed by atoms with Crippen LogP contribution in [0.1, 0.15) is 23.9 Å². The Balaban J connectivity index is 2.02. The van der Waals surface area contributed by atoms with E-state index in [9.17, 15) is 18.0 Å². The standard InChI is InChI=1S/C17H14ClF3N2O3/c1-2-14-22-3-4-23(14)8-10-7-13-9(6-12(10)18)5-11(16(24)25)15(26-13)17(19,20)21/h3-7,15H,2,8H2,1H3,(H,24,25). The Labute approximate surface area is 151 Å². The first-order chi connectivity index (χ1) is 12.2. The number of hydrogen-bond donors (Lipinski definition) is 1. The second kappa shape index (κ2) is 6.68. The molecule has 1 aliphatic rings. The highest BCUT2D eigenvalue weighted by molar-refractivity contribution is 6.31. The van der Waals surface area contributed by atoms with Crippen molar-refractivity contribution >= 4 is 23.6 Å². The van der Waals surface area contributed by atoms with E-state index in [4.69, 9.17) is 21.4 Å². The highest BCUT2D eigenvalue weighted by atomic mass is 35.5. The Morgan fingerprint density at radius 1 is 1.42 bits per heavy atom. The summed E-state index contributed by atoms with van der Waals surface area (Å²) in [4.78, 5) is 15.4. The van der Waals surface area contributed by atoms with Gasteiger partial charge in [0.25, 0.3) is 0 Å². The number of fused-ring (bicyclic) bond motifs is 1. The molecule has 3 rings (SSSR count). The zero-order valence-electron chi connectivity index (χ0n) is 13.5. The molecule has 0 aliphatic carbocycles. The molecule has 2 aromatic rings. The summed E-state index contributed by atoms with van der Waals surface area (Å²) in [6, 6.07) is 2.81. The number of aryl methyl sites for hydroxylation is 1. The second-order valence-corrected chi connectivity index (χ2v) is 6.16. The molecule has 1 atom stereocenters. The van der Waals surface area contributed by atoms with E-state index in [0.717, 1.165) is 11.9 Å². The van der Waals surface area contributed by atoms with E-state index in [1.165, 1.54) is 12.1 Å². The summed E-state index contributed by atoms with van der Waals surface area (Å²) in [7, 11) is 0. The summed E-state index contributed by atoms with van der Waals surface area (Å²) < 4.78 is 46.3. The molecule has 1 aromatic heterocycles. The number of rotatable bonds is 4. The van der Waals surface area contributed by atoms with Gasteiger partial charge < -0.3 is 14.4 Å². The van der Waals surface area contributed by atoms with Crippen molar-refractivity contribution in [2.24, 2.45) is 0 Å². The Morgan fingerprint density at radius 3 is 2.77 bits per heavy atom. The number of aliphatic carboxylic acids is 1. The van der Waals surface area contributed by atoms with Gasteiger partial charge in [0.2, 0.25) is 6.10 Å². The molecular formula is C17H14ClF3N2O3. The summed E-state index contributed by atoms with van der Waals surface area (Å²) in [6.45, 7) is 2.24. The number of ether oxygens (including phenoxy) is 1. The van der Waals surface area contributed by atoms with Gasteiger partial charge >= 0.3 is 12.1 Å². The highest BCUT2D eigenvalue weighted by Crippen LogP contribution is 2.39. The molecule has 9 heteroatoms. The minimum Gasteiger partial charge on any atom is -0.478 e. The van der Waals surface area contributed by atoms with Gasteiger partial charge in [-0.2, -0.15) is 13.2 Å². The molecule has 0 spiro atoms. The average Bonchev–Trinajstić information content (AvgIpc) is 3.00. The molecule has 138 valence electrons. The number of carboxylic acid groups (broad SMARTS) is 1. The van der Waals surface area contributed by atoms with Gasteiger partial charge in [-0.25, -0.2) is 9.78 Å². The van der Waals surface area contributed by atoms with Crippen LogP contribution in [0.4, 0.5) is 13.2 Å². The number of hydrogen-bond acceptors (Lipinski definition) is 3. The Morgan fingerprint density at radius 2 is 2.15 bits per heavy atom. The van der Waals surface area contributed by atoms with Gasteiger partial charge in [-0.05, 0) is 23.8 Å². The van der Waals surface area contributed by atoms with Crippen molar-refractivity contribution < 1.29 is 27.8 Å². The number of carbonyl (C=O) groups is 1. The fourth-order valence-corrected chi connectivity index (χ4v) is 3.01. The molecule has 26 heavy (non-hydrogen) atoms. The van der Waals surface area contributed by atoms with Gasteiger partial charge in [0.15, 0.2) is 0 Å². The normalized spacial score (nSPS) is 16.7. The van der Waals surface area contributed by atoms with Crippen molar-refractivity contribution in [2.45, 2.75) is 32.2 Å². The highest BCUT2D eigenvalue weighted by Gasteiger charge is 2.48. The topological polar surface area (TPSA) is 64.4 Å². The van der Waals surface area contributed by atoms with Gasteiger partial charge in [0.05, 0.1) is 12.1 Å². The van der Waals surface area contributed by atoms with Gasteiger partial charge in [-0.3, -0.25) is 0 Å². The molecule has 5 nitrogen and oxygen atoms in total. The molecular weight excluding hydrogens is 373 g/mol. The van der Waals surface area contributed by atoms with Crippen LogP contribution in [-0.2, 0) is 17.8 Å². The van der Waals surface area contributed by atoms with Crippen LogP contribution in [0.3, 0.4) is 0 Å². The molecule has 0 saturated heterocycles. The van der Waals surface area contributed by atoms with Crippen LogP contribution >= 0.6 is 11.6 Å². The molecule has 1 aliphatic heterocycles. The predicted molar refractivity (Wildman–Crippen MR) is 88.2 cm³/mol. The van der Waals surface area contributed by atoms with E-state index in [1.807, 2.05) is 11.5 Å².